The maximum Gasteiger partial charge on any atom is 0.270 e. The molecule has 2 heterocycles. The number of benzene rings is 2. The molecule has 0 aliphatic heterocycles. The Morgan fingerprint density at radius 1 is 0.970 bits per heavy atom. The minimum atomic E-state index is -4.14. The standard InChI is InChI=1S/C21H21N5O6S/c1-12-8-9-22-21(23-12)24-14-11-17-13(10-18(14)31-4)20(25-32-17)26-33(27,28)19-15(29-2)6-5-7-16(19)30-3/h5-11H,1-4H3,(H,25,26)(H,22,23,24). The number of sulfonamides is 1. The van der Waals surface area contributed by atoms with E-state index in [2.05, 4.69) is 25.2 Å². The van der Waals surface area contributed by atoms with Crippen LogP contribution >= 0.6 is 0 Å². The zero-order chi connectivity index (χ0) is 23.6. The first-order chi connectivity index (χ1) is 15.9. The molecule has 0 atom stereocenters. The molecule has 0 amide bonds. The van der Waals surface area contributed by atoms with Crippen LogP contribution in [0.3, 0.4) is 0 Å². The predicted octanol–water partition coefficient (Wildman–Crippen LogP) is 3.50. The maximum absolute atomic E-state index is 13.2. The first kappa shape index (κ1) is 22.1. The van der Waals surface area contributed by atoms with Crippen molar-refractivity contribution in [3.8, 4) is 17.2 Å². The lowest BCUT2D eigenvalue weighted by molar-refractivity contribution is 0.373. The highest BCUT2D eigenvalue weighted by molar-refractivity contribution is 7.93. The summed E-state index contributed by atoms with van der Waals surface area (Å²) in [6, 6.07) is 9.66. The molecule has 0 saturated carbocycles. The Balaban J connectivity index is 1.73. The van der Waals surface area contributed by atoms with E-state index in [1.807, 2.05) is 6.92 Å². The average molecular weight is 471 g/mol. The summed E-state index contributed by atoms with van der Waals surface area (Å²) in [6.07, 6.45) is 1.63. The summed E-state index contributed by atoms with van der Waals surface area (Å²) >= 11 is 0. The van der Waals surface area contributed by atoms with Crippen LogP contribution in [0.5, 0.6) is 17.2 Å². The number of methoxy groups -OCH3 is 3. The average Bonchev–Trinajstić information content (AvgIpc) is 3.18. The zero-order valence-corrected chi connectivity index (χ0v) is 19.1. The number of nitrogens with one attached hydrogen (secondary N) is 2. The van der Waals surface area contributed by atoms with Crippen molar-refractivity contribution in [3.05, 3.63) is 48.3 Å². The van der Waals surface area contributed by atoms with E-state index in [0.717, 1.165) is 5.69 Å². The minimum absolute atomic E-state index is 0.0189. The van der Waals surface area contributed by atoms with Gasteiger partial charge in [-0.05, 0) is 31.2 Å². The summed E-state index contributed by atoms with van der Waals surface area (Å²) in [7, 11) is 0.0878. The van der Waals surface area contributed by atoms with E-state index in [4.69, 9.17) is 18.7 Å². The Hall–Kier alpha value is -4.06. The number of rotatable bonds is 8. The number of fused-ring (bicyclic) bond motifs is 1. The lowest BCUT2D eigenvalue weighted by Crippen LogP contribution is -2.15. The largest absolute Gasteiger partial charge is 0.495 e. The maximum atomic E-state index is 13.2. The normalized spacial score (nSPS) is 11.3. The molecule has 0 bridgehead atoms. The smallest absolute Gasteiger partial charge is 0.270 e. The predicted molar refractivity (Wildman–Crippen MR) is 121 cm³/mol. The monoisotopic (exact) mass is 471 g/mol. The topological polar surface area (TPSA) is 138 Å². The molecule has 0 radical (unpaired) electrons. The number of ether oxygens (including phenoxy) is 3. The third kappa shape index (κ3) is 4.32. The van der Waals surface area contributed by atoms with Gasteiger partial charge in [0.2, 0.25) is 5.95 Å². The summed E-state index contributed by atoms with van der Waals surface area (Å²) in [5.74, 6) is 1.01. The molecule has 2 aromatic heterocycles. The fourth-order valence-corrected chi connectivity index (χ4v) is 4.53. The van der Waals surface area contributed by atoms with Crippen LogP contribution in [0.25, 0.3) is 11.0 Å². The molecule has 0 fully saturated rings. The van der Waals surface area contributed by atoms with Crippen LogP contribution in [0, 0.1) is 6.92 Å². The summed E-state index contributed by atoms with van der Waals surface area (Å²) < 4.78 is 50.1. The van der Waals surface area contributed by atoms with Gasteiger partial charge >= 0.3 is 0 Å². The SMILES string of the molecule is COc1cc2c(NS(=O)(=O)c3c(OC)cccc3OC)noc2cc1Nc1nccc(C)n1. The third-order valence-corrected chi connectivity index (χ3v) is 6.12. The Labute approximate surface area is 189 Å². The molecule has 12 heteroatoms. The second-order valence-electron chi connectivity index (χ2n) is 6.82. The number of anilines is 3. The number of aryl methyl sites for hydroxylation is 1. The van der Waals surface area contributed by atoms with Crippen LogP contribution in [-0.2, 0) is 10.0 Å². The first-order valence-electron chi connectivity index (χ1n) is 9.64. The van der Waals surface area contributed by atoms with Gasteiger partial charge in [-0.3, -0.25) is 4.72 Å². The summed E-state index contributed by atoms with van der Waals surface area (Å²) in [5, 5.41) is 7.35. The van der Waals surface area contributed by atoms with Gasteiger partial charge in [0.1, 0.15) is 17.2 Å². The second-order valence-corrected chi connectivity index (χ2v) is 8.44. The third-order valence-electron chi connectivity index (χ3n) is 4.72. The van der Waals surface area contributed by atoms with Crippen LogP contribution in [0.1, 0.15) is 5.69 Å². The van der Waals surface area contributed by atoms with Gasteiger partial charge in [-0.25, -0.2) is 18.4 Å². The van der Waals surface area contributed by atoms with Gasteiger partial charge in [0.05, 0.1) is 32.4 Å². The quantitative estimate of drug-likeness (QED) is 0.393. The van der Waals surface area contributed by atoms with Crippen molar-refractivity contribution in [2.75, 3.05) is 31.4 Å². The van der Waals surface area contributed by atoms with E-state index < -0.39 is 10.0 Å². The van der Waals surface area contributed by atoms with Crippen LogP contribution in [0.4, 0.5) is 17.5 Å². The summed E-state index contributed by atoms with van der Waals surface area (Å²) in [6.45, 7) is 1.85. The molecule has 172 valence electrons. The molecule has 0 aliphatic carbocycles. The molecule has 11 nitrogen and oxygen atoms in total. The molecule has 0 saturated heterocycles. The number of hydrogen-bond acceptors (Lipinski definition) is 10. The van der Waals surface area contributed by atoms with Crippen LogP contribution in [0.15, 0.2) is 52.0 Å². The van der Waals surface area contributed by atoms with Crippen LogP contribution in [0.2, 0.25) is 0 Å². The highest BCUT2D eigenvalue weighted by atomic mass is 32.2. The Morgan fingerprint density at radius 2 is 1.67 bits per heavy atom. The van der Waals surface area contributed by atoms with Crippen molar-refractivity contribution in [1.82, 2.24) is 15.1 Å². The van der Waals surface area contributed by atoms with Gasteiger partial charge in [-0.2, -0.15) is 0 Å². The van der Waals surface area contributed by atoms with Crippen molar-refractivity contribution in [1.29, 1.82) is 0 Å². The molecule has 2 N–H and O–H groups in total. The van der Waals surface area contributed by atoms with Gasteiger partial charge in [-0.1, -0.05) is 11.2 Å². The van der Waals surface area contributed by atoms with Crippen molar-refractivity contribution in [3.63, 3.8) is 0 Å². The molecule has 2 aromatic carbocycles. The Morgan fingerprint density at radius 3 is 2.30 bits per heavy atom. The Kier molecular flexibility index (Phi) is 5.92. The summed E-state index contributed by atoms with van der Waals surface area (Å²) in [4.78, 5) is 8.32. The molecular formula is C21H21N5O6S. The van der Waals surface area contributed by atoms with E-state index >= 15 is 0 Å². The van der Waals surface area contributed by atoms with E-state index in [9.17, 15) is 8.42 Å². The molecule has 0 spiro atoms. The molecule has 0 aliphatic rings. The van der Waals surface area contributed by atoms with Crippen molar-refractivity contribution >= 4 is 38.4 Å². The van der Waals surface area contributed by atoms with E-state index in [1.165, 1.54) is 33.5 Å². The lowest BCUT2D eigenvalue weighted by atomic mass is 10.2. The van der Waals surface area contributed by atoms with E-state index in [-0.39, 0.29) is 22.2 Å². The highest BCUT2D eigenvalue weighted by Crippen LogP contribution is 2.38. The number of nitrogens with zero attached hydrogens (tertiary/aromatic N) is 3. The van der Waals surface area contributed by atoms with E-state index in [0.29, 0.717) is 28.4 Å². The van der Waals surface area contributed by atoms with Crippen molar-refractivity contribution in [2.24, 2.45) is 0 Å². The molecular weight excluding hydrogens is 450 g/mol. The minimum Gasteiger partial charge on any atom is -0.495 e. The zero-order valence-electron chi connectivity index (χ0n) is 18.2. The second kappa shape index (κ2) is 8.82. The molecule has 33 heavy (non-hydrogen) atoms. The van der Waals surface area contributed by atoms with Gasteiger partial charge in [0, 0.05) is 18.0 Å². The van der Waals surface area contributed by atoms with Crippen molar-refractivity contribution < 1.29 is 27.2 Å². The van der Waals surface area contributed by atoms with Gasteiger partial charge in [-0.15, -0.1) is 0 Å². The fraction of sp³-hybridized carbons (Fsp3) is 0.190. The first-order valence-corrected chi connectivity index (χ1v) is 11.1. The molecule has 4 rings (SSSR count). The fourth-order valence-electron chi connectivity index (χ4n) is 3.19. The molecule has 4 aromatic rings. The Bertz CT molecular complexity index is 1400. The lowest BCUT2D eigenvalue weighted by Gasteiger charge is -2.14. The summed E-state index contributed by atoms with van der Waals surface area (Å²) in [5.41, 5.74) is 1.62. The number of hydrogen-bond donors (Lipinski definition) is 2. The number of aromatic nitrogens is 3. The molecule has 0 unspecified atom stereocenters. The van der Waals surface area contributed by atoms with Crippen LogP contribution < -0.4 is 24.2 Å². The van der Waals surface area contributed by atoms with Crippen molar-refractivity contribution in [2.45, 2.75) is 11.8 Å². The van der Waals surface area contributed by atoms with Gasteiger partial charge in [0.15, 0.2) is 16.3 Å². The highest BCUT2D eigenvalue weighted by Gasteiger charge is 2.27. The van der Waals surface area contributed by atoms with Crippen LogP contribution in [-0.4, -0.2) is 44.9 Å². The van der Waals surface area contributed by atoms with Gasteiger partial charge < -0.3 is 24.1 Å². The van der Waals surface area contributed by atoms with E-state index in [1.54, 1.807) is 30.5 Å². The van der Waals surface area contributed by atoms with Gasteiger partial charge in [0.25, 0.3) is 10.0 Å².